The van der Waals surface area contributed by atoms with Crippen LogP contribution in [0.15, 0.2) is 48.5 Å². The Bertz CT molecular complexity index is 943. The van der Waals surface area contributed by atoms with Crippen molar-refractivity contribution in [2.45, 2.75) is 33.4 Å². The average molecular weight is 351 g/mol. The Morgan fingerprint density at radius 3 is 2.50 bits per heavy atom. The van der Waals surface area contributed by atoms with Crippen LogP contribution in [0.5, 0.6) is 0 Å². The smallest absolute Gasteiger partial charge is 0.338 e. The molecule has 3 rings (SSSR count). The number of ether oxygens (including phenoxy) is 1. The fourth-order valence-corrected chi connectivity index (χ4v) is 2.71. The molecule has 26 heavy (non-hydrogen) atoms. The van der Waals surface area contributed by atoms with E-state index in [-0.39, 0.29) is 24.5 Å². The standard InChI is InChI=1S/C20H21N3O3/c1-13(2)26-20(25)15-8-10-16(11-9-15)22-19(24)12-23-14(3)21-17-6-4-5-7-18(17)23/h4-11,13H,12H2,1-3H3,(H,22,24). The summed E-state index contributed by atoms with van der Waals surface area (Å²) >= 11 is 0. The summed E-state index contributed by atoms with van der Waals surface area (Å²) in [6, 6.07) is 14.4. The molecular formula is C20H21N3O3. The molecule has 1 amide bonds. The van der Waals surface area contributed by atoms with Gasteiger partial charge in [-0.3, -0.25) is 4.79 Å². The minimum Gasteiger partial charge on any atom is -0.459 e. The number of fused-ring (bicyclic) bond motifs is 1. The number of nitrogens with one attached hydrogen (secondary N) is 1. The number of amides is 1. The molecule has 0 aliphatic rings. The number of hydrogen-bond acceptors (Lipinski definition) is 4. The summed E-state index contributed by atoms with van der Waals surface area (Å²) in [6.07, 6.45) is -0.171. The summed E-state index contributed by atoms with van der Waals surface area (Å²) in [5.74, 6) is 0.250. The zero-order chi connectivity index (χ0) is 18.7. The maximum Gasteiger partial charge on any atom is 0.338 e. The largest absolute Gasteiger partial charge is 0.459 e. The van der Waals surface area contributed by atoms with Gasteiger partial charge in [0.05, 0.1) is 22.7 Å². The molecule has 1 N–H and O–H groups in total. The number of nitrogens with zero attached hydrogens (tertiary/aromatic N) is 2. The summed E-state index contributed by atoms with van der Waals surface area (Å²) in [6.45, 7) is 5.65. The summed E-state index contributed by atoms with van der Waals surface area (Å²) in [4.78, 5) is 28.7. The highest BCUT2D eigenvalue weighted by Gasteiger charge is 2.12. The minimum atomic E-state index is -0.376. The summed E-state index contributed by atoms with van der Waals surface area (Å²) in [7, 11) is 0. The molecule has 0 atom stereocenters. The molecule has 0 unspecified atom stereocenters. The molecule has 0 aliphatic heterocycles. The van der Waals surface area contributed by atoms with Gasteiger partial charge in [0.2, 0.25) is 5.91 Å². The first-order valence-electron chi connectivity index (χ1n) is 8.47. The number of hydrogen-bond donors (Lipinski definition) is 1. The van der Waals surface area contributed by atoms with Gasteiger partial charge in [0.1, 0.15) is 12.4 Å². The number of esters is 1. The van der Waals surface area contributed by atoms with Gasteiger partial charge in [-0.25, -0.2) is 9.78 Å². The summed E-state index contributed by atoms with van der Waals surface area (Å²) in [5.41, 5.74) is 2.86. The van der Waals surface area contributed by atoms with Crippen molar-refractivity contribution >= 4 is 28.6 Å². The second-order valence-electron chi connectivity index (χ2n) is 6.31. The molecule has 0 bridgehead atoms. The van der Waals surface area contributed by atoms with E-state index in [0.717, 1.165) is 16.9 Å². The Morgan fingerprint density at radius 1 is 1.12 bits per heavy atom. The average Bonchev–Trinajstić information content (AvgIpc) is 2.90. The van der Waals surface area contributed by atoms with Crippen LogP contribution in [0.1, 0.15) is 30.0 Å². The molecule has 0 spiro atoms. The van der Waals surface area contributed by atoms with Crippen LogP contribution < -0.4 is 5.32 Å². The number of rotatable bonds is 5. The van der Waals surface area contributed by atoms with Gasteiger partial charge in [0.15, 0.2) is 0 Å². The van der Waals surface area contributed by atoms with E-state index in [1.807, 2.05) is 35.8 Å². The Balaban J connectivity index is 1.68. The first-order chi connectivity index (χ1) is 12.4. The van der Waals surface area contributed by atoms with Crippen molar-refractivity contribution in [1.82, 2.24) is 9.55 Å². The molecule has 2 aromatic carbocycles. The van der Waals surface area contributed by atoms with E-state index < -0.39 is 0 Å². The van der Waals surface area contributed by atoms with Gasteiger partial charge in [0, 0.05) is 5.69 Å². The quantitative estimate of drug-likeness (QED) is 0.714. The van der Waals surface area contributed by atoms with E-state index in [2.05, 4.69) is 10.3 Å². The molecule has 6 nitrogen and oxygen atoms in total. The third-order valence-corrected chi connectivity index (χ3v) is 3.89. The molecule has 0 saturated heterocycles. The molecule has 0 radical (unpaired) electrons. The van der Waals surface area contributed by atoms with Crippen LogP contribution in [0, 0.1) is 6.92 Å². The lowest BCUT2D eigenvalue weighted by Gasteiger charge is -2.10. The molecular weight excluding hydrogens is 330 g/mol. The fraction of sp³-hybridized carbons (Fsp3) is 0.250. The van der Waals surface area contributed by atoms with Crippen LogP contribution in [0.2, 0.25) is 0 Å². The maximum absolute atomic E-state index is 12.4. The highest BCUT2D eigenvalue weighted by atomic mass is 16.5. The first kappa shape index (κ1) is 17.7. The number of aryl methyl sites for hydroxylation is 1. The van der Waals surface area contributed by atoms with Gasteiger partial charge in [-0.2, -0.15) is 0 Å². The van der Waals surface area contributed by atoms with Crippen molar-refractivity contribution in [3.8, 4) is 0 Å². The Morgan fingerprint density at radius 2 is 1.81 bits per heavy atom. The Labute approximate surface area is 151 Å². The van der Waals surface area contributed by atoms with E-state index in [0.29, 0.717) is 11.3 Å². The third kappa shape index (κ3) is 3.91. The number of aromatic nitrogens is 2. The van der Waals surface area contributed by atoms with Gasteiger partial charge in [-0.15, -0.1) is 0 Å². The number of imidazole rings is 1. The first-order valence-corrected chi connectivity index (χ1v) is 8.47. The summed E-state index contributed by atoms with van der Waals surface area (Å²) < 4.78 is 7.02. The number of carbonyl (C=O) groups excluding carboxylic acids is 2. The molecule has 1 aromatic heterocycles. The fourth-order valence-electron chi connectivity index (χ4n) is 2.71. The van der Waals surface area contributed by atoms with Crippen molar-refractivity contribution in [2.75, 3.05) is 5.32 Å². The number of benzene rings is 2. The van der Waals surface area contributed by atoms with E-state index in [4.69, 9.17) is 4.74 Å². The zero-order valence-corrected chi connectivity index (χ0v) is 15.0. The van der Waals surface area contributed by atoms with Gasteiger partial charge in [-0.05, 0) is 57.2 Å². The van der Waals surface area contributed by atoms with Crippen LogP contribution in [0.25, 0.3) is 11.0 Å². The second kappa shape index (κ2) is 7.39. The van der Waals surface area contributed by atoms with E-state index in [1.54, 1.807) is 38.1 Å². The predicted octanol–water partition coefficient (Wildman–Crippen LogP) is 3.55. The molecule has 6 heteroatoms. The van der Waals surface area contributed by atoms with Crippen LogP contribution in [0.3, 0.4) is 0 Å². The molecule has 0 saturated carbocycles. The Kier molecular flexibility index (Phi) is 5.02. The maximum atomic E-state index is 12.4. The molecule has 0 aliphatic carbocycles. The highest BCUT2D eigenvalue weighted by Crippen LogP contribution is 2.16. The topological polar surface area (TPSA) is 73.2 Å². The normalized spacial score (nSPS) is 10.9. The second-order valence-corrected chi connectivity index (χ2v) is 6.31. The van der Waals surface area contributed by atoms with Crippen molar-refractivity contribution in [2.24, 2.45) is 0 Å². The zero-order valence-electron chi connectivity index (χ0n) is 15.0. The van der Waals surface area contributed by atoms with Gasteiger partial charge in [0.25, 0.3) is 0 Å². The van der Waals surface area contributed by atoms with Gasteiger partial charge < -0.3 is 14.6 Å². The van der Waals surface area contributed by atoms with Crippen molar-refractivity contribution in [1.29, 1.82) is 0 Å². The summed E-state index contributed by atoms with van der Waals surface area (Å²) in [5, 5.41) is 2.84. The van der Waals surface area contributed by atoms with Gasteiger partial charge in [-0.1, -0.05) is 12.1 Å². The Hall–Kier alpha value is -3.15. The monoisotopic (exact) mass is 351 g/mol. The number of anilines is 1. The third-order valence-electron chi connectivity index (χ3n) is 3.89. The van der Waals surface area contributed by atoms with Crippen molar-refractivity contribution in [3.05, 3.63) is 59.9 Å². The minimum absolute atomic E-state index is 0.159. The van der Waals surface area contributed by atoms with Gasteiger partial charge >= 0.3 is 5.97 Å². The number of carbonyl (C=O) groups is 2. The molecule has 3 aromatic rings. The van der Waals surface area contributed by atoms with Crippen LogP contribution in [0.4, 0.5) is 5.69 Å². The number of para-hydroxylation sites is 2. The van der Waals surface area contributed by atoms with Crippen molar-refractivity contribution < 1.29 is 14.3 Å². The molecule has 0 fully saturated rings. The van der Waals surface area contributed by atoms with E-state index in [9.17, 15) is 9.59 Å². The van der Waals surface area contributed by atoms with Crippen molar-refractivity contribution in [3.63, 3.8) is 0 Å². The highest BCUT2D eigenvalue weighted by molar-refractivity contribution is 5.93. The lowest BCUT2D eigenvalue weighted by molar-refractivity contribution is -0.116. The SMILES string of the molecule is Cc1nc2ccccc2n1CC(=O)Nc1ccc(C(=O)OC(C)C)cc1. The van der Waals surface area contributed by atoms with Crippen LogP contribution in [-0.2, 0) is 16.1 Å². The van der Waals surface area contributed by atoms with E-state index in [1.165, 1.54) is 0 Å². The van der Waals surface area contributed by atoms with Crippen LogP contribution in [-0.4, -0.2) is 27.5 Å². The lowest BCUT2D eigenvalue weighted by Crippen LogP contribution is -2.19. The molecule has 1 heterocycles. The lowest BCUT2D eigenvalue weighted by atomic mass is 10.2. The molecule has 134 valence electrons. The van der Waals surface area contributed by atoms with E-state index >= 15 is 0 Å². The predicted molar refractivity (Wildman–Crippen MR) is 100 cm³/mol. The van der Waals surface area contributed by atoms with Crippen LogP contribution >= 0.6 is 0 Å².